The van der Waals surface area contributed by atoms with Crippen LogP contribution in [0.4, 0.5) is 0 Å². The first-order chi connectivity index (χ1) is 16.5. The zero-order valence-corrected chi connectivity index (χ0v) is 21.5. The van der Waals surface area contributed by atoms with E-state index >= 15 is 0 Å². The Labute approximate surface area is 207 Å². The Hall–Kier alpha value is -2.79. The molecule has 0 saturated carbocycles. The van der Waals surface area contributed by atoms with Crippen molar-refractivity contribution in [2.45, 2.75) is 12.5 Å². The van der Waals surface area contributed by atoms with Crippen LogP contribution in [0.2, 0.25) is 0 Å². The molecular formula is C27H26BrO5P. The fraction of sp³-hybridized carbons (Fsp3) is 0.185. The molecule has 1 atom stereocenters. The van der Waals surface area contributed by atoms with Crippen LogP contribution in [0.25, 0.3) is 0 Å². The van der Waals surface area contributed by atoms with E-state index in [1.165, 1.54) is 7.11 Å². The van der Waals surface area contributed by atoms with Gasteiger partial charge in [0.1, 0.15) is 0 Å². The van der Waals surface area contributed by atoms with Crippen molar-refractivity contribution in [2.75, 3.05) is 19.0 Å². The summed E-state index contributed by atoms with van der Waals surface area (Å²) >= 11 is 3.48. The molecule has 3 aromatic carbocycles. The molecule has 0 bridgehead atoms. The molecule has 7 heteroatoms. The molecule has 3 aromatic rings. The summed E-state index contributed by atoms with van der Waals surface area (Å²) in [6.45, 7) is -2.16. The quantitative estimate of drug-likeness (QED) is 0.255. The van der Waals surface area contributed by atoms with E-state index in [0.717, 1.165) is 15.9 Å². The Balaban J connectivity index is 2.23. The van der Waals surface area contributed by atoms with Gasteiger partial charge in [-0.3, -0.25) is 0 Å². The van der Waals surface area contributed by atoms with Crippen molar-refractivity contribution < 1.29 is 23.6 Å². The molecule has 176 valence electrons. The number of methoxy groups -OCH3 is 1. The molecule has 0 amide bonds. The number of ether oxygens (including phenoxy) is 2. The summed E-state index contributed by atoms with van der Waals surface area (Å²) in [7, 11) is 1.30. The maximum atomic E-state index is 13.5. The van der Waals surface area contributed by atoms with Crippen molar-refractivity contribution >= 4 is 50.6 Å². The van der Waals surface area contributed by atoms with Gasteiger partial charge >= 0.3 is 208 Å². The number of halogens is 1. The number of carbonyl (C=O) groups excluding carboxylic acids is 2. The Kier molecular flexibility index (Phi) is 6.77. The molecule has 0 fully saturated rings. The molecule has 1 aliphatic rings. The zero-order valence-electron chi connectivity index (χ0n) is 19.0. The van der Waals surface area contributed by atoms with Crippen LogP contribution in [0.3, 0.4) is 0 Å². The molecule has 1 heterocycles. The molecule has 0 aliphatic carbocycles. The molecule has 0 spiro atoms. The minimum absolute atomic E-state index is 0.0180. The molecule has 4 rings (SSSR count). The first-order valence-corrected chi connectivity index (χ1v) is 14.3. The molecule has 1 aliphatic heterocycles. The molecule has 0 aromatic heterocycles. The molecular weight excluding hydrogens is 515 g/mol. The van der Waals surface area contributed by atoms with Gasteiger partial charge in [-0.2, -0.15) is 0 Å². The number of benzene rings is 3. The Morgan fingerprint density at radius 3 is 1.65 bits per heavy atom. The van der Waals surface area contributed by atoms with Crippen LogP contribution < -0.4 is 15.9 Å². The second kappa shape index (κ2) is 9.46. The number of esters is 2. The van der Waals surface area contributed by atoms with Crippen LogP contribution in [-0.2, 0) is 23.6 Å². The zero-order chi connectivity index (χ0) is 24.3. The molecule has 0 saturated heterocycles. The number of hydrogen-bond donors (Lipinski definition) is 0. The first kappa shape index (κ1) is 24.3. The third kappa shape index (κ3) is 3.44. The molecule has 34 heavy (non-hydrogen) atoms. The van der Waals surface area contributed by atoms with E-state index in [1.807, 2.05) is 96.8 Å². The third-order valence-corrected chi connectivity index (χ3v) is 12.4. The standard InChI is InChI=1S/C27H26BrO5P/c1-3-32-26(30)27(20-28)24(25(29)31-2)19-34(33-27,21-13-7-4-8-14-21,22-15-9-5-10-16-22)23-17-11-6-12-18-23/h4-19H,3,20H2,1-2H3. The van der Waals surface area contributed by atoms with Gasteiger partial charge in [0.2, 0.25) is 0 Å². The third-order valence-electron chi connectivity index (χ3n) is 6.16. The molecule has 0 N–H and O–H groups in total. The van der Waals surface area contributed by atoms with Gasteiger partial charge in [0.05, 0.1) is 0 Å². The summed E-state index contributed by atoms with van der Waals surface area (Å²) < 4.78 is 17.8. The number of carbonyl (C=O) groups is 2. The number of alkyl halides is 1. The van der Waals surface area contributed by atoms with Crippen LogP contribution in [0.1, 0.15) is 6.92 Å². The SMILES string of the molecule is CCOC(=O)C1(CBr)OP(c2ccccc2)(c2ccccc2)(c2ccccc2)C=C1C(=O)OC. The van der Waals surface area contributed by atoms with Gasteiger partial charge in [0.15, 0.2) is 0 Å². The fourth-order valence-electron chi connectivity index (χ4n) is 4.62. The van der Waals surface area contributed by atoms with Crippen molar-refractivity contribution in [3.63, 3.8) is 0 Å². The van der Waals surface area contributed by atoms with Crippen molar-refractivity contribution in [3.05, 3.63) is 102 Å². The van der Waals surface area contributed by atoms with Gasteiger partial charge in [-0.25, -0.2) is 0 Å². The molecule has 0 radical (unpaired) electrons. The van der Waals surface area contributed by atoms with E-state index in [9.17, 15) is 9.59 Å². The predicted octanol–water partition coefficient (Wildman–Crippen LogP) is 4.22. The molecule has 1 unspecified atom stereocenters. The van der Waals surface area contributed by atoms with E-state index in [0.29, 0.717) is 0 Å². The summed E-state index contributed by atoms with van der Waals surface area (Å²) in [5.74, 6) is 0.579. The van der Waals surface area contributed by atoms with Crippen LogP contribution in [0.15, 0.2) is 102 Å². The minimum atomic E-state index is -4.02. The first-order valence-electron chi connectivity index (χ1n) is 10.9. The second-order valence-electron chi connectivity index (χ2n) is 7.92. The Bertz CT molecular complexity index is 1110. The van der Waals surface area contributed by atoms with E-state index in [-0.39, 0.29) is 17.5 Å². The van der Waals surface area contributed by atoms with Crippen molar-refractivity contribution in [1.29, 1.82) is 0 Å². The van der Waals surface area contributed by atoms with E-state index in [4.69, 9.17) is 14.0 Å². The summed E-state index contributed by atoms with van der Waals surface area (Å²) in [6.07, 6.45) is 0. The monoisotopic (exact) mass is 540 g/mol. The van der Waals surface area contributed by atoms with E-state index < -0.39 is 24.4 Å². The van der Waals surface area contributed by atoms with Crippen LogP contribution in [-0.4, -0.2) is 36.6 Å². The summed E-state index contributed by atoms with van der Waals surface area (Å²) in [6, 6.07) is 29.3. The van der Waals surface area contributed by atoms with Gasteiger partial charge in [-0.05, 0) is 0 Å². The van der Waals surface area contributed by atoms with Crippen molar-refractivity contribution in [2.24, 2.45) is 0 Å². The van der Waals surface area contributed by atoms with Crippen molar-refractivity contribution in [1.82, 2.24) is 0 Å². The maximum absolute atomic E-state index is 13.5. The van der Waals surface area contributed by atoms with Gasteiger partial charge in [-0.1, -0.05) is 0 Å². The fourth-order valence-corrected chi connectivity index (χ4v) is 11.1. The Morgan fingerprint density at radius 2 is 1.29 bits per heavy atom. The Morgan fingerprint density at radius 1 is 0.853 bits per heavy atom. The summed E-state index contributed by atoms with van der Waals surface area (Å²) in [4.78, 5) is 26.8. The summed E-state index contributed by atoms with van der Waals surface area (Å²) in [5.41, 5.74) is -1.58. The number of rotatable bonds is 7. The van der Waals surface area contributed by atoms with Crippen LogP contribution >= 0.6 is 22.8 Å². The molecule has 5 nitrogen and oxygen atoms in total. The van der Waals surface area contributed by atoms with Gasteiger partial charge in [-0.15, -0.1) is 0 Å². The topological polar surface area (TPSA) is 61.8 Å². The summed E-state index contributed by atoms with van der Waals surface area (Å²) in [5, 5.41) is 2.60. The average molecular weight is 541 g/mol. The van der Waals surface area contributed by atoms with E-state index in [1.54, 1.807) is 6.92 Å². The normalized spacial score (nSPS) is 21.5. The second-order valence-corrected chi connectivity index (χ2v) is 12.7. The van der Waals surface area contributed by atoms with Crippen molar-refractivity contribution in [3.8, 4) is 0 Å². The van der Waals surface area contributed by atoms with Gasteiger partial charge in [0, 0.05) is 0 Å². The average Bonchev–Trinajstić information content (AvgIpc) is 3.25. The predicted molar refractivity (Wildman–Crippen MR) is 139 cm³/mol. The number of hydrogen-bond acceptors (Lipinski definition) is 5. The van der Waals surface area contributed by atoms with Gasteiger partial charge < -0.3 is 0 Å². The van der Waals surface area contributed by atoms with Crippen LogP contribution in [0.5, 0.6) is 0 Å². The van der Waals surface area contributed by atoms with Crippen LogP contribution in [0, 0.1) is 0 Å². The van der Waals surface area contributed by atoms with Gasteiger partial charge in [0.25, 0.3) is 0 Å². The van der Waals surface area contributed by atoms with E-state index in [2.05, 4.69) is 15.9 Å².